The van der Waals surface area contributed by atoms with E-state index in [1.807, 2.05) is 22.7 Å². The van der Waals surface area contributed by atoms with Gasteiger partial charge in [-0.3, -0.25) is 0 Å². The Labute approximate surface area is 126 Å². The molecule has 0 aliphatic heterocycles. The van der Waals surface area contributed by atoms with Gasteiger partial charge in [-0.25, -0.2) is 0 Å². The molecule has 1 atom stereocenters. The molecule has 18 heavy (non-hydrogen) atoms. The van der Waals surface area contributed by atoms with Gasteiger partial charge in [0.25, 0.3) is 0 Å². The zero-order valence-corrected chi connectivity index (χ0v) is 14.7. The third-order valence-electron chi connectivity index (χ3n) is 3.05. The van der Waals surface area contributed by atoms with E-state index in [0.717, 1.165) is 0 Å². The van der Waals surface area contributed by atoms with E-state index in [0.29, 0.717) is 4.83 Å². The summed E-state index contributed by atoms with van der Waals surface area (Å²) in [4.78, 5) is 6.03. The molecule has 0 spiro atoms. The van der Waals surface area contributed by atoms with Gasteiger partial charge in [0.2, 0.25) is 0 Å². The maximum absolute atomic E-state index is 3.84. The van der Waals surface area contributed by atoms with Crippen LogP contribution < -0.4 is 0 Å². The van der Waals surface area contributed by atoms with E-state index in [4.69, 9.17) is 0 Å². The van der Waals surface area contributed by atoms with Crippen molar-refractivity contribution in [2.45, 2.75) is 44.9 Å². The van der Waals surface area contributed by atoms with E-state index in [1.165, 1.54) is 25.1 Å². The molecule has 0 saturated heterocycles. The minimum absolute atomic E-state index is 0.247. The standard InChI is InChI=1S/C15H19BrS2/c1-9-8-12(17-10(9)2)14(16)11-6-7-13(18-11)15(3,4)5/h6-8,14H,1-5H3. The number of aryl methyl sites for hydroxylation is 2. The van der Waals surface area contributed by atoms with Crippen molar-refractivity contribution < 1.29 is 0 Å². The highest BCUT2D eigenvalue weighted by atomic mass is 79.9. The van der Waals surface area contributed by atoms with E-state index in [-0.39, 0.29) is 5.41 Å². The molecule has 2 rings (SSSR count). The first kappa shape index (κ1) is 14.3. The fraction of sp³-hybridized carbons (Fsp3) is 0.467. The predicted octanol–water partition coefficient (Wildman–Crippen LogP) is 6.21. The Morgan fingerprint density at radius 1 is 1.06 bits per heavy atom. The first-order chi connectivity index (χ1) is 8.29. The van der Waals surface area contributed by atoms with Gasteiger partial charge in [0, 0.05) is 19.5 Å². The summed E-state index contributed by atoms with van der Waals surface area (Å²) in [5.41, 5.74) is 1.64. The predicted molar refractivity (Wildman–Crippen MR) is 87.6 cm³/mol. The first-order valence-corrected chi connectivity index (χ1v) is 8.65. The van der Waals surface area contributed by atoms with Crippen molar-refractivity contribution in [1.82, 2.24) is 0 Å². The number of alkyl halides is 1. The summed E-state index contributed by atoms with van der Waals surface area (Å²) in [6, 6.07) is 6.83. The molecular formula is C15H19BrS2. The summed E-state index contributed by atoms with van der Waals surface area (Å²) >= 11 is 7.65. The minimum atomic E-state index is 0.247. The van der Waals surface area contributed by atoms with Crippen LogP contribution in [0.2, 0.25) is 0 Å². The van der Waals surface area contributed by atoms with Crippen molar-refractivity contribution in [2.24, 2.45) is 0 Å². The van der Waals surface area contributed by atoms with Crippen LogP contribution in [-0.2, 0) is 5.41 Å². The molecule has 2 aromatic rings. The smallest absolute Gasteiger partial charge is 0.0831 e. The van der Waals surface area contributed by atoms with Crippen LogP contribution in [0.1, 0.15) is 50.7 Å². The molecule has 0 aliphatic rings. The molecule has 0 nitrogen and oxygen atoms in total. The Morgan fingerprint density at radius 2 is 1.72 bits per heavy atom. The molecule has 0 fully saturated rings. The summed E-state index contributed by atoms with van der Waals surface area (Å²) < 4.78 is 0. The van der Waals surface area contributed by atoms with Gasteiger partial charge in [-0.15, -0.1) is 22.7 Å². The first-order valence-electron chi connectivity index (χ1n) is 6.10. The van der Waals surface area contributed by atoms with Crippen molar-refractivity contribution >= 4 is 38.6 Å². The van der Waals surface area contributed by atoms with Gasteiger partial charge in [-0.2, -0.15) is 0 Å². The zero-order valence-electron chi connectivity index (χ0n) is 11.5. The second kappa shape index (κ2) is 5.10. The number of halogens is 1. The summed E-state index contributed by atoms with van der Waals surface area (Å²) in [5, 5.41) is 0. The third kappa shape index (κ3) is 2.89. The van der Waals surface area contributed by atoms with E-state index in [2.05, 4.69) is 68.7 Å². The van der Waals surface area contributed by atoms with Gasteiger partial charge < -0.3 is 0 Å². The quantitative estimate of drug-likeness (QED) is 0.569. The number of hydrogen-bond acceptors (Lipinski definition) is 2. The minimum Gasteiger partial charge on any atom is -0.144 e. The Hall–Kier alpha value is -0.120. The molecular weight excluding hydrogens is 324 g/mol. The fourth-order valence-corrected chi connectivity index (χ4v) is 4.78. The van der Waals surface area contributed by atoms with Gasteiger partial charge in [-0.1, -0.05) is 36.7 Å². The highest BCUT2D eigenvalue weighted by Crippen LogP contribution is 2.41. The average Bonchev–Trinajstić information content (AvgIpc) is 2.85. The highest BCUT2D eigenvalue weighted by Gasteiger charge is 2.20. The largest absolute Gasteiger partial charge is 0.144 e. The summed E-state index contributed by atoms with van der Waals surface area (Å²) in [7, 11) is 0. The van der Waals surface area contributed by atoms with Crippen LogP contribution in [0, 0.1) is 13.8 Å². The number of rotatable bonds is 2. The topological polar surface area (TPSA) is 0 Å². The van der Waals surface area contributed by atoms with Gasteiger partial charge in [0.05, 0.1) is 4.83 Å². The normalized spacial score (nSPS) is 13.9. The van der Waals surface area contributed by atoms with Crippen LogP contribution in [0.25, 0.3) is 0 Å². The molecule has 0 saturated carbocycles. The Kier molecular flexibility index (Phi) is 4.05. The highest BCUT2D eigenvalue weighted by molar-refractivity contribution is 9.09. The summed E-state index contributed by atoms with van der Waals surface area (Å²) in [5.74, 6) is 0. The Morgan fingerprint density at radius 3 is 2.17 bits per heavy atom. The Bertz CT molecular complexity index is 524. The average molecular weight is 343 g/mol. The van der Waals surface area contributed by atoms with Gasteiger partial charge in [0.1, 0.15) is 0 Å². The summed E-state index contributed by atoms with van der Waals surface area (Å²) in [6.07, 6.45) is 0. The Balaban J connectivity index is 2.29. The maximum atomic E-state index is 3.84. The van der Waals surface area contributed by atoms with Crippen LogP contribution >= 0.6 is 38.6 Å². The third-order valence-corrected chi connectivity index (χ3v) is 7.44. The number of thiophene rings is 2. The molecule has 0 N–H and O–H groups in total. The SMILES string of the molecule is Cc1cc(C(Br)c2ccc(C(C)(C)C)s2)sc1C. The lowest BCUT2D eigenvalue weighted by atomic mass is 9.95. The molecule has 2 aromatic heterocycles. The van der Waals surface area contributed by atoms with Crippen LogP contribution in [0.15, 0.2) is 18.2 Å². The molecule has 0 amide bonds. The van der Waals surface area contributed by atoms with E-state index in [1.54, 1.807) is 0 Å². The van der Waals surface area contributed by atoms with Gasteiger partial charge >= 0.3 is 0 Å². The molecule has 3 heteroatoms. The van der Waals surface area contributed by atoms with Crippen LogP contribution in [0.5, 0.6) is 0 Å². The summed E-state index contributed by atoms with van der Waals surface area (Å²) in [6.45, 7) is 11.2. The van der Waals surface area contributed by atoms with Crippen molar-refractivity contribution in [3.63, 3.8) is 0 Å². The van der Waals surface area contributed by atoms with E-state index < -0.39 is 0 Å². The van der Waals surface area contributed by atoms with Crippen molar-refractivity contribution in [3.05, 3.63) is 43.3 Å². The lowest BCUT2D eigenvalue weighted by molar-refractivity contribution is 0.604. The molecule has 98 valence electrons. The fourth-order valence-electron chi connectivity index (χ4n) is 1.76. The maximum Gasteiger partial charge on any atom is 0.0831 e. The molecule has 0 bridgehead atoms. The second-order valence-corrected chi connectivity index (χ2v) is 9.02. The van der Waals surface area contributed by atoms with Crippen LogP contribution in [-0.4, -0.2) is 0 Å². The van der Waals surface area contributed by atoms with Gasteiger partial charge in [-0.05, 0) is 43.0 Å². The monoisotopic (exact) mass is 342 g/mol. The lowest BCUT2D eigenvalue weighted by Crippen LogP contribution is -2.07. The molecule has 0 aromatic carbocycles. The van der Waals surface area contributed by atoms with Crippen molar-refractivity contribution in [3.8, 4) is 0 Å². The van der Waals surface area contributed by atoms with Crippen molar-refractivity contribution in [1.29, 1.82) is 0 Å². The van der Waals surface area contributed by atoms with Crippen LogP contribution in [0.3, 0.4) is 0 Å². The number of hydrogen-bond donors (Lipinski definition) is 0. The zero-order chi connectivity index (χ0) is 13.5. The second-order valence-electron chi connectivity index (χ2n) is 5.70. The van der Waals surface area contributed by atoms with E-state index in [9.17, 15) is 0 Å². The molecule has 0 radical (unpaired) electrons. The molecule has 2 heterocycles. The van der Waals surface area contributed by atoms with Crippen LogP contribution in [0.4, 0.5) is 0 Å². The van der Waals surface area contributed by atoms with Gasteiger partial charge in [0.15, 0.2) is 0 Å². The van der Waals surface area contributed by atoms with E-state index >= 15 is 0 Å². The van der Waals surface area contributed by atoms with Crippen molar-refractivity contribution in [2.75, 3.05) is 0 Å². The molecule has 0 aliphatic carbocycles. The lowest BCUT2D eigenvalue weighted by Gasteiger charge is -2.15. The molecule has 1 unspecified atom stereocenters.